The molecule has 0 amide bonds. The molecule has 0 atom stereocenters. The zero-order chi connectivity index (χ0) is 10.2. The van der Waals surface area contributed by atoms with E-state index in [-0.39, 0.29) is 0 Å². The van der Waals surface area contributed by atoms with Gasteiger partial charge in [-0.15, -0.1) is 0 Å². The molecule has 0 saturated carbocycles. The van der Waals surface area contributed by atoms with E-state index in [1.165, 1.54) is 11.8 Å². The topological polar surface area (TPSA) is 35.5 Å². The number of thioether (sulfide) groups is 1. The highest BCUT2D eigenvalue weighted by molar-refractivity contribution is 8.03. The van der Waals surface area contributed by atoms with Crippen molar-refractivity contribution in [2.24, 2.45) is 0 Å². The highest BCUT2D eigenvalue weighted by Gasteiger charge is 2.22. The van der Waals surface area contributed by atoms with Crippen LogP contribution in [0.5, 0.6) is 0 Å². The van der Waals surface area contributed by atoms with Crippen molar-refractivity contribution >= 4 is 19.4 Å². The summed E-state index contributed by atoms with van der Waals surface area (Å²) in [7, 11) is -2.79. The Morgan fingerprint density at radius 2 is 1.62 bits per heavy atom. The molecule has 0 N–H and O–H groups in total. The first-order valence-electron chi connectivity index (χ1n) is 4.55. The van der Waals surface area contributed by atoms with E-state index in [1.54, 1.807) is 0 Å². The lowest BCUT2D eigenvalue weighted by Gasteiger charge is -2.16. The standard InChI is InChI=1S/C8H19O3PS/c1-4-6-10-12(9,8-13-3)11-7-5-2/h4-8H2,1-3H3. The van der Waals surface area contributed by atoms with E-state index in [9.17, 15) is 4.57 Å². The van der Waals surface area contributed by atoms with Crippen molar-refractivity contribution in [1.29, 1.82) is 0 Å². The second-order valence-electron chi connectivity index (χ2n) is 2.70. The van der Waals surface area contributed by atoms with Crippen molar-refractivity contribution in [3.05, 3.63) is 0 Å². The van der Waals surface area contributed by atoms with Gasteiger partial charge in [0.05, 0.1) is 18.7 Å². The SMILES string of the molecule is CCCOP(=O)(CSC)OCCC. The minimum atomic E-state index is -2.79. The Hall–Kier alpha value is 0.500. The quantitative estimate of drug-likeness (QED) is 0.594. The van der Waals surface area contributed by atoms with Gasteiger partial charge in [0.1, 0.15) is 0 Å². The molecule has 0 rings (SSSR count). The lowest BCUT2D eigenvalue weighted by atomic mass is 10.5. The molecule has 5 heteroatoms. The minimum absolute atomic E-state index is 0.451. The predicted molar refractivity (Wildman–Crippen MR) is 58.5 cm³/mol. The first-order chi connectivity index (χ1) is 6.18. The Balaban J connectivity index is 3.92. The molecule has 0 fully saturated rings. The molecule has 0 radical (unpaired) electrons. The van der Waals surface area contributed by atoms with Crippen LogP contribution in [-0.2, 0) is 13.6 Å². The molecule has 0 spiro atoms. The van der Waals surface area contributed by atoms with Crippen molar-refractivity contribution in [2.75, 3.05) is 25.0 Å². The summed E-state index contributed by atoms with van der Waals surface area (Å²) in [4.78, 5) is 0. The van der Waals surface area contributed by atoms with E-state index in [0.717, 1.165) is 12.8 Å². The molecule has 0 heterocycles. The summed E-state index contributed by atoms with van der Waals surface area (Å²) in [6.45, 7) is 5.01. The summed E-state index contributed by atoms with van der Waals surface area (Å²) in [5, 5.41) is 0. The van der Waals surface area contributed by atoms with E-state index in [0.29, 0.717) is 18.7 Å². The maximum absolute atomic E-state index is 11.9. The van der Waals surface area contributed by atoms with Crippen molar-refractivity contribution in [3.63, 3.8) is 0 Å². The molecule has 0 aliphatic rings. The molecule has 0 unspecified atom stereocenters. The minimum Gasteiger partial charge on any atom is -0.308 e. The van der Waals surface area contributed by atoms with Crippen molar-refractivity contribution in [2.45, 2.75) is 26.7 Å². The number of rotatable bonds is 8. The van der Waals surface area contributed by atoms with Gasteiger partial charge in [-0.2, -0.15) is 11.8 Å². The molecule has 3 nitrogen and oxygen atoms in total. The van der Waals surface area contributed by atoms with Gasteiger partial charge < -0.3 is 9.05 Å². The lowest BCUT2D eigenvalue weighted by molar-refractivity contribution is 0.208. The highest BCUT2D eigenvalue weighted by atomic mass is 32.2. The van der Waals surface area contributed by atoms with Gasteiger partial charge in [0.25, 0.3) is 0 Å². The lowest BCUT2D eigenvalue weighted by Crippen LogP contribution is -2.00. The smallest absolute Gasteiger partial charge is 0.308 e. The van der Waals surface area contributed by atoms with Gasteiger partial charge in [0, 0.05) is 0 Å². The average Bonchev–Trinajstić information content (AvgIpc) is 2.12. The molecule has 0 aromatic rings. The fraction of sp³-hybridized carbons (Fsp3) is 1.00. The first kappa shape index (κ1) is 13.5. The van der Waals surface area contributed by atoms with Crippen LogP contribution in [0.15, 0.2) is 0 Å². The van der Waals surface area contributed by atoms with Crippen LogP contribution in [0.2, 0.25) is 0 Å². The number of hydrogen-bond acceptors (Lipinski definition) is 4. The summed E-state index contributed by atoms with van der Waals surface area (Å²) in [6.07, 6.45) is 3.64. The average molecular weight is 226 g/mol. The highest BCUT2D eigenvalue weighted by Crippen LogP contribution is 2.50. The third kappa shape index (κ3) is 6.55. The van der Waals surface area contributed by atoms with Gasteiger partial charge in [-0.25, -0.2) is 0 Å². The molecule has 80 valence electrons. The molecule has 0 aromatic heterocycles. The first-order valence-corrected chi connectivity index (χ1v) is 7.67. The maximum atomic E-state index is 11.9. The van der Waals surface area contributed by atoms with Crippen LogP contribution in [0.1, 0.15) is 26.7 Å². The Labute approximate surface area is 85.1 Å². The molecular weight excluding hydrogens is 207 g/mol. The van der Waals surface area contributed by atoms with Gasteiger partial charge in [0.15, 0.2) is 0 Å². The summed E-state index contributed by atoms with van der Waals surface area (Å²) < 4.78 is 22.3. The van der Waals surface area contributed by atoms with Crippen LogP contribution in [0.3, 0.4) is 0 Å². The van der Waals surface area contributed by atoms with E-state index >= 15 is 0 Å². The zero-order valence-electron chi connectivity index (χ0n) is 8.62. The number of hydrogen-bond donors (Lipinski definition) is 0. The van der Waals surface area contributed by atoms with Crippen molar-refractivity contribution in [3.8, 4) is 0 Å². The third-order valence-electron chi connectivity index (χ3n) is 1.27. The molecule has 0 saturated heterocycles. The maximum Gasteiger partial charge on any atom is 0.340 e. The molecule has 0 aromatic carbocycles. The van der Waals surface area contributed by atoms with Gasteiger partial charge >= 0.3 is 7.60 Å². The van der Waals surface area contributed by atoms with Crippen molar-refractivity contribution in [1.82, 2.24) is 0 Å². The summed E-state index contributed by atoms with van der Waals surface area (Å²) in [6, 6.07) is 0. The van der Waals surface area contributed by atoms with Crippen LogP contribution in [0, 0.1) is 0 Å². The second-order valence-corrected chi connectivity index (χ2v) is 6.04. The van der Waals surface area contributed by atoms with Crippen LogP contribution < -0.4 is 0 Å². The second kappa shape index (κ2) is 7.86. The monoisotopic (exact) mass is 226 g/mol. The van der Waals surface area contributed by atoms with Gasteiger partial charge in [-0.1, -0.05) is 13.8 Å². The van der Waals surface area contributed by atoms with E-state index in [2.05, 4.69) is 0 Å². The third-order valence-corrected chi connectivity index (χ3v) is 4.72. The van der Waals surface area contributed by atoms with Crippen LogP contribution in [0.25, 0.3) is 0 Å². The van der Waals surface area contributed by atoms with Crippen LogP contribution in [0.4, 0.5) is 0 Å². The van der Waals surface area contributed by atoms with Gasteiger partial charge in [0.2, 0.25) is 0 Å². The summed E-state index contributed by atoms with van der Waals surface area (Å²) in [5.74, 6) is 0. The van der Waals surface area contributed by atoms with Crippen molar-refractivity contribution < 1.29 is 13.6 Å². The zero-order valence-corrected chi connectivity index (χ0v) is 10.3. The summed E-state index contributed by atoms with van der Waals surface area (Å²) >= 11 is 1.50. The fourth-order valence-corrected chi connectivity index (χ4v) is 3.59. The Bertz CT molecular complexity index is 151. The van der Waals surface area contributed by atoms with E-state index in [1.807, 2.05) is 20.1 Å². The Morgan fingerprint density at radius 1 is 1.15 bits per heavy atom. The Kier molecular flexibility index (Phi) is 8.17. The van der Waals surface area contributed by atoms with E-state index in [4.69, 9.17) is 9.05 Å². The fourth-order valence-electron chi connectivity index (χ4n) is 0.731. The summed E-state index contributed by atoms with van der Waals surface area (Å²) in [5.41, 5.74) is 0.451. The Morgan fingerprint density at radius 3 is 1.92 bits per heavy atom. The van der Waals surface area contributed by atoms with Gasteiger partial charge in [-0.05, 0) is 19.1 Å². The largest absolute Gasteiger partial charge is 0.340 e. The van der Waals surface area contributed by atoms with Crippen LogP contribution in [-0.4, -0.2) is 25.0 Å². The predicted octanol–water partition coefficient (Wildman–Crippen LogP) is 3.35. The molecule has 0 aliphatic carbocycles. The molecule has 13 heavy (non-hydrogen) atoms. The van der Waals surface area contributed by atoms with E-state index < -0.39 is 7.60 Å². The van der Waals surface area contributed by atoms with Gasteiger partial charge in [-0.3, -0.25) is 4.57 Å². The molecule has 0 aliphatic heterocycles. The molecule has 0 bridgehead atoms. The molecular formula is C8H19O3PS. The normalized spacial score (nSPS) is 11.9. The van der Waals surface area contributed by atoms with Crippen LogP contribution >= 0.6 is 19.4 Å².